The summed E-state index contributed by atoms with van der Waals surface area (Å²) in [7, 11) is 0. The van der Waals surface area contributed by atoms with Crippen LogP contribution in [0.5, 0.6) is 0 Å². The van der Waals surface area contributed by atoms with Gasteiger partial charge in [0.15, 0.2) is 18.2 Å². The van der Waals surface area contributed by atoms with Gasteiger partial charge in [-0.3, -0.25) is 14.4 Å². The van der Waals surface area contributed by atoms with E-state index in [1.807, 2.05) is 0 Å². The second-order valence-corrected chi connectivity index (χ2v) is 24.0. The number of aliphatic hydroxyl groups is 3. The Morgan fingerprint density at radius 2 is 1.40 bits per heavy atom. The van der Waals surface area contributed by atoms with E-state index in [-0.39, 0.29) is 48.5 Å². The SMILES string of the molecule is CCCC/C=C\C/C=C\CCCCCCCCC1OCC(COC(=O)O[C@@H](C(=O)O[C@H]2C[C@@]3(O)[C@@H](OC(=O)c4ccccc4)[C@@H]4[C@]5(O)CO[C@@H]5C[C@H](O)[C@@]4(C)C(=O)[C@H](OC(C)=O)C(=C2C)C3(C)C)[C@@H](NC(=O)c2ccccc2)c2ccccc2)O1. The molecule has 5 aliphatic rings. The van der Waals surface area contributed by atoms with Crippen LogP contribution in [0.15, 0.2) is 126 Å². The summed E-state index contributed by atoms with van der Waals surface area (Å²) >= 11 is 0. The average molecular weight is 1180 g/mol. The van der Waals surface area contributed by atoms with Crippen LogP contribution in [0.25, 0.3) is 0 Å². The summed E-state index contributed by atoms with van der Waals surface area (Å²) < 4.78 is 48.1. The first-order chi connectivity index (χ1) is 40.7. The van der Waals surface area contributed by atoms with Crippen molar-refractivity contribution >= 4 is 35.8 Å². The number of benzene rings is 3. The van der Waals surface area contributed by atoms with E-state index in [1.165, 1.54) is 38.8 Å². The number of amides is 1. The van der Waals surface area contributed by atoms with Crippen LogP contribution in [-0.2, 0) is 52.3 Å². The molecule has 13 atom stereocenters. The van der Waals surface area contributed by atoms with Crippen LogP contribution >= 0.6 is 0 Å². The molecule has 2 aliphatic heterocycles. The number of carbonyl (C=O) groups is 6. The minimum absolute atomic E-state index is 0.0346. The lowest BCUT2D eigenvalue weighted by Crippen LogP contribution is -2.81. The number of carbonyl (C=O) groups excluding carboxylic acids is 6. The average Bonchev–Trinajstić information content (AvgIpc) is 0.862. The van der Waals surface area contributed by atoms with Gasteiger partial charge in [-0.25, -0.2) is 14.4 Å². The zero-order valence-corrected chi connectivity index (χ0v) is 49.8. The van der Waals surface area contributed by atoms with Gasteiger partial charge in [-0.05, 0) is 93.3 Å². The molecule has 2 saturated carbocycles. The number of fused-ring (bicyclic) bond motifs is 5. The highest BCUT2D eigenvalue weighted by Crippen LogP contribution is 2.63. The summed E-state index contributed by atoms with van der Waals surface area (Å²) in [6, 6.07) is 22.8. The Labute approximate surface area is 498 Å². The van der Waals surface area contributed by atoms with E-state index in [0.717, 1.165) is 64.7 Å². The first-order valence-corrected chi connectivity index (χ1v) is 30.2. The van der Waals surface area contributed by atoms with Gasteiger partial charge in [0.1, 0.15) is 42.2 Å². The van der Waals surface area contributed by atoms with E-state index < -0.39 is 125 Å². The van der Waals surface area contributed by atoms with Crippen molar-refractivity contribution < 1.29 is 82.0 Å². The first kappa shape index (κ1) is 64.5. The van der Waals surface area contributed by atoms with Gasteiger partial charge in [0.25, 0.3) is 5.91 Å². The maximum Gasteiger partial charge on any atom is 0.509 e. The van der Waals surface area contributed by atoms with Crippen LogP contribution in [0.3, 0.4) is 0 Å². The molecule has 0 spiro atoms. The Balaban J connectivity index is 1.04. The second kappa shape index (κ2) is 28.8. The summed E-state index contributed by atoms with van der Waals surface area (Å²) in [5.74, 6) is -6.26. The molecule has 2 saturated heterocycles. The number of hydrogen-bond donors (Lipinski definition) is 4. The summed E-state index contributed by atoms with van der Waals surface area (Å²) in [6.45, 7) is 8.75. The fraction of sp³-hybridized carbons (Fsp3) is 0.552. The van der Waals surface area contributed by atoms with Crippen LogP contribution in [-0.4, -0.2) is 131 Å². The van der Waals surface area contributed by atoms with Crippen molar-refractivity contribution in [2.45, 2.75) is 198 Å². The summed E-state index contributed by atoms with van der Waals surface area (Å²) in [4.78, 5) is 86.8. The quantitative estimate of drug-likeness (QED) is 0.0253. The van der Waals surface area contributed by atoms with Crippen molar-refractivity contribution in [3.05, 3.63) is 143 Å². The van der Waals surface area contributed by atoms with Crippen molar-refractivity contribution in [1.29, 1.82) is 0 Å². The van der Waals surface area contributed by atoms with E-state index >= 15 is 9.59 Å². The van der Waals surface area contributed by atoms with Crippen LogP contribution in [0, 0.1) is 16.7 Å². The molecule has 18 heteroatoms. The summed E-state index contributed by atoms with van der Waals surface area (Å²) in [6.07, 6.45) is 8.42. The number of hydrogen-bond acceptors (Lipinski definition) is 17. The highest BCUT2D eigenvalue weighted by molar-refractivity contribution is 5.96. The molecule has 3 aliphatic carbocycles. The number of aliphatic hydroxyl groups excluding tert-OH is 1. The van der Waals surface area contributed by atoms with Gasteiger partial charge >= 0.3 is 24.1 Å². The van der Waals surface area contributed by atoms with Crippen molar-refractivity contribution in [3.63, 3.8) is 0 Å². The molecule has 2 heterocycles. The Kier molecular flexibility index (Phi) is 21.8. The monoisotopic (exact) mass is 1180 g/mol. The Hall–Kier alpha value is -6.54. The molecule has 2 unspecified atom stereocenters. The first-order valence-electron chi connectivity index (χ1n) is 30.2. The summed E-state index contributed by atoms with van der Waals surface area (Å²) in [5.41, 5.74) is -7.58. The van der Waals surface area contributed by atoms with Crippen LogP contribution in [0.1, 0.15) is 164 Å². The van der Waals surface area contributed by atoms with Gasteiger partial charge in [-0.15, -0.1) is 0 Å². The predicted molar refractivity (Wildman–Crippen MR) is 312 cm³/mol. The summed E-state index contributed by atoms with van der Waals surface area (Å²) in [5, 5.41) is 41.6. The molecule has 3 aromatic rings. The molecule has 0 aromatic heterocycles. The number of ketones is 1. The number of allylic oxidation sites excluding steroid dienone is 4. The van der Waals surface area contributed by atoms with E-state index in [1.54, 1.807) is 92.7 Å². The van der Waals surface area contributed by atoms with Gasteiger partial charge in [-0.2, -0.15) is 0 Å². The fourth-order valence-corrected chi connectivity index (χ4v) is 13.0. The number of Topliss-reactive ketones (excluding diaryl/α,β-unsaturated/α-hetero) is 1. The Morgan fingerprint density at radius 1 is 0.776 bits per heavy atom. The lowest BCUT2D eigenvalue weighted by Gasteiger charge is -2.66. The third-order valence-corrected chi connectivity index (χ3v) is 18.0. The van der Waals surface area contributed by atoms with E-state index in [9.17, 15) is 34.5 Å². The van der Waals surface area contributed by atoms with E-state index in [0.29, 0.717) is 12.0 Å². The van der Waals surface area contributed by atoms with Crippen LogP contribution in [0.2, 0.25) is 0 Å². The number of esters is 3. The third-order valence-electron chi connectivity index (χ3n) is 18.0. The minimum Gasteiger partial charge on any atom is -0.455 e. The molecule has 4 fully saturated rings. The topological polar surface area (TPSA) is 249 Å². The van der Waals surface area contributed by atoms with Crippen LogP contribution in [0.4, 0.5) is 4.79 Å². The molecular weight excluding hydrogens is 1090 g/mol. The molecule has 2 bridgehead atoms. The van der Waals surface area contributed by atoms with Gasteiger partial charge < -0.3 is 58.5 Å². The molecule has 460 valence electrons. The predicted octanol–water partition coefficient (Wildman–Crippen LogP) is 9.88. The van der Waals surface area contributed by atoms with E-state index in [4.69, 9.17) is 37.9 Å². The molecule has 18 nitrogen and oxygen atoms in total. The molecule has 8 rings (SSSR count). The Bertz CT molecular complexity index is 2870. The van der Waals surface area contributed by atoms with Gasteiger partial charge in [-0.1, -0.05) is 150 Å². The minimum atomic E-state index is -2.45. The maximum atomic E-state index is 15.6. The maximum absolute atomic E-state index is 15.6. The molecular formula is C67H85NO17. The van der Waals surface area contributed by atoms with Crippen molar-refractivity contribution in [3.8, 4) is 0 Å². The standard InChI is InChI=1S/C67H85NO17/c1-7-8-9-10-11-12-13-14-15-16-17-18-19-20-30-37-52-78-40-48(82-52)41-79-63(75)84-56(54(45-31-24-21-25-32-45)68-60(72)46-33-26-22-27-34-46)62(74)83-49-39-67(77)59(85-61(73)47-35-28-23-29-36-47)57-65(6,50(70)38-51-66(57,76)42-80-51)58(71)55(81-44(3)69)53(43(49)2)64(67,4)5/h10-11,13-14,21-29,31-36,48-52,54-57,59,70,76-77H,7-9,12,15-20,30,37-42H2,1-6H3,(H,68,72)/b11-10-,14-13-/t48?,49-,50-,51+,52?,54-,55+,56+,57-,59-,65+,66-,67+/m0/s1. The van der Waals surface area contributed by atoms with Crippen molar-refractivity contribution in [2.24, 2.45) is 16.7 Å². The smallest absolute Gasteiger partial charge is 0.455 e. The second-order valence-electron chi connectivity index (χ2n) is 24.0. The highest BCUT2D eigenvalue weighted by Gasteiger charge is 2.77. The zero-order valence-electron chi connectivity index (χ0n) is 49.8. The molecule has 3 aromatic carbocycles. The lowest BCUT2D eigenvalue weighted by atomic mass is 9.44. The number of unbranched alkanes of at least 4 members (excludes halogenated alkanes) is 8. The lowest BCUT2D eigenvalue weighted by molar-refractivity contribution is -0.343. The van der Waals surface area contributed by atoms with Gasteiger partial charge in [0, 0.05) is 36.7 Å². The van der Waals surface area contributed by atoms with Gasteiger partial charge in [0.2, 0.25) is 6.10 Å². The molecule has 0 radical (unpaired) electrons. The number of ether oxygens (including phenoxy) is 8. The van der Waals surface area contributed by atoms with Crippen LogP contribution < -0.4 is 5.32 Å². The number of nitrogens with one attached hydrogen (secondary N) is 1. The zero-order chi connectivity index (χ0) is 60.9. The molecule has 4 N–H and O–H groups in total. The van der Waals surface area contributed by atoms with Crippen molar-refractivity contribution in [1.82, 2.24) is 5.32 Å². The Morgan fingerprint density at radius 3 is 2.04 bits per heavy atom. The normalized spacial score (nSPS) is 29.3. The van der Waals surface area contributed by atoms with Crippen molar-refractivity contribution in [2.75, 3.05) is 19.8 Å². The fourth-order valence-electron chi connectivity index (χ4n) is 13.0. The highest BCUT2D eigenvalue weighted by atomic mass is 16.8. The van der Waals surface area contributed by atoms with E-state index in [2.05, 4.69) is 36.5 Å². The largest absolute Gasteiger partial charge is 0.509 e. The van der Waals surface area contributed by atoms with Gasteiger partial charge in [0.05, 0.1) is 36.4 Å². The number of rotatable bonds is 26. The molecule has 85 heavy (non-hydrogen) atoms. The third kappa shape index (κ3) is 14.5. The molecule has 1 amide bonds.